The zero-order valence-corrected chi connectivity index (χ0v) is 13.1. The molecular weight excluding hydrogens is 272 g/mol. The molecule has 0 spiro atoms. The second-order valence-electron chi connectivity index (χ2n) is 6.12. The van der Waals surface area contributed by atoms with Crippen molar-refractivity contribution in [3.8, 4) is 11.5 Å². The highest BCUT2D eigenvalue weighted by Crippen LogP contribution is 2.63. The van der Waals surface area contributed by atoms with Crippen molar-refractivity contribution < 1.29 is 9.47 Å². The molecule has 2 nitrogen and oxygen atoms in total. The first-order valence-corrected chi connectivity index (χ1v) is 7.78. The third-order valence-electron chi connectivity index (χ3n) is 4.92. The molecule has 2 saturated carbocycles. The predicted molar refractivity (Wildman–Crippen MR) is 87.6 cm³/mol. The predicted octanol–water partition coefficient (Wildman–Crippen LogP) is 4.48. The van der Waals surface area contributed by atoms with Crippen LogP contribution in [0.4, 0.5) is 0 Å². The molecule has 0 heterocycles. The van der Waals surface area contributed by atoms with E-state index in [1.165, 1.54) is 24.0 Å². The van der Waals surface area contributed by atoms with E-state index in [1.807, 2.05) is 0 Å². The molecule has 4 rings (SSSR count). The lowest BCUT2D eigenvalue weighted by Crippen LogP contribution is -2.09. The largest absolute Gasteiger partial charge is 0.497 e. The molecule has 2 fully saturated rings. The molecule has 0 bridgehead atoms. The summed E-state index contributed by atoms with van der Waals surface area (Å²) in [4.78, 5) is 0. The fourth-order valence-electron chi connectivity index (χ4n) is 3.48. The van der Waals surface area contributed by atoms with Gasteiger partial charge in [0.2, 0.25) is 0 Å². The molecule has 0 aromatic heterocycles. The fourth-order valence-corrected chi connectivity index (χ4v) is 3.48. The molecule has 0 amide bonds. The van der Waals surface area contributed by atoms with Gasteiger partial charge in [0.05, 0.1) is 14.2 Å². The van der Waals surface area contributed by atoms with Crippen molar-refractivity contribution in [1.29, 1.82) is 0 Å². The third-order valence-corrected chi connectivity index (χ3v) is 4.92. The molecule has 112 valence electrons. The molecule has 2 heteroatoms. The Morgan fingerprint density at radius 1 is 0.727 bits per heavy atom. The van der Waals surface area contributed by atoms with Crippen LogP contribution < -0.4 is 9.47 Å². The molecule has 2 aromatic carbocycles. The van der Waals surface area contributed by atoms with E-state index in [-0.39, 0.29) is 5.41 Å². The van der Waals surface area contributed by atoms with Gasteiger partial charge >= 0.3 is 0 Å². The van der Waals surface area contributed by atoms with E-state index in [1.54, 1.807) is 25.4 Å². The minimum Gasteiger partial charge on any atom is -0.497 e. The minimum absolute atomic E-state index is 0.0877. The summed E-state index contributed by atoms with van der Waals surface area (Å²) in [5.74, 6) is 1.82. The first-order valence-electron chi connectivity index (χ1n) is 7.78. The van der Waals surface area contributed by atoms with Crippen LogP contribution in [0, 0.1) is 0 Å². The molecule has 0 aliphatic heterocycles. The highest BCUT2D eigenvalue weighted by molar-refractivity contribution is 5.64. The molecule has 2 aliphatic carbocycles. The van der Waals surface area contributed by atoms with Gasteiger partial charge in [-0.15, -0.1) is 0 Å². The Kier molecular flexibility index (Phi) is 3.00. The lowest BCUT2D eigenvalue weighted by atomic mass is 9.87. The van der Waals surface area contributed by atoms with Crippen LogP contribution in [0.3, 0.4) is 0 Å². The van der Waals surface area contributed by atoms with Crippen LogP contribution in [0.5, 0.6) is 11.5 Å². The van der Waals surface area contributed by atoms with Crippen LogP contribution in [0.15, 0.2) is 59.7 Å². The third kappa shape index (κ3) is 2.02. The molecule has 2 aromatic rings. The lowest BCUT2D eigenvalue weighted by Gasteiger charge is -2.17. The Bertz CT molecular complexity index is 670. The van der Waals surface area contributed by atoms with Gasteiger partial charge in [-0.2, -0.15) is 0 Å². The highest BCUT2D eigenvalue weighted by Gasteiger charge is 2.54. The van der Waals surface area contributed by atoms with E-state index in [4.69, 9.17) is 9.47 Å². The van der Waals surface area contributed by atoms with Crippen molar-refractivity contribution >= 4 is 0 Å². The number of hydrogen-bond acceptors (Lipinski definition) is 2. The van der Waals surface area contributed by atoms with E-state index < -0.39 is 0 Å². The van der Waals surface area contributed by atoms with Crippen LogP contribution in [0.25, 0.3) is 0 Å². The molecule has 2 aliphatic rings. The van der Waals surface area contributed by atoms with Crippen molar-refractivity contribution in [2.24, 2.45) is 0 Å². The average Bonchev–Trinajstić information content (AvgIpc) is 3.48. The van der Waals surface area contributed by atoms with Crippen LogP contribution in [-0.4, -0.2) is 14.2 Å². The van der Waals surface area contributed by atoms with Gasteiger partial charge in [-0.1, -0.05) is 35.4 Å². The Morgan fingerprint density at radius 2 is 1.18 bits per heavy atom. The lowest BCUT2D eigenvalue weighted by molar-refractivity contribution is 0.414. The second kappa shape index (κ2) is 4.91. The van der Waals surface area contributed by atoms with Crippen molar-refractivity contribution in [2.75, 3.05) is 14.2 Å². The number of allylic oxidation sites excluding steroid dienone is 2. The Balaban J connectivity index is 1.78. The van der Waals surface area contributed by atoms with Crippen molar-refractivity contribution in [3.05, 3.63) is 70.8 Å². The maximum Gasteiger partial charge on any atom is 0.118 e. The second-order valence-corrected chi connectivity index (χ2v) is 6.12. The number of hydrogen-bond donors (Lipinski definition) is 0. The van der Waals surface area contributed by atoms with Gasteiger partial charge in [-0.3, -0.25) is 0 Å². The van der Waals surface area contributed by atoms with Crippen LogP contribution in [0.2, 0.25) is 0 Å². The smallest absolute Gasteiger partial charge is 0.118 e. The van der Waals surface area contributed by atoms with Crippen molar-refractivity contribution in [1.82, 2.24) is 0 Å². The van der Waals surface area contributed by atoms with Crippen LogP contribution >= 0.6 is 0 Å². The first kappa shape index (κ1) is 13.4. The molecule has 22 heavy (non-hydrogen) atoms. The van der Waals surface area contributed by atoms with Gasteiger partial charge in [0.1, 0.15) is 11.5 Å². The van der Waals surface area contributed by atoms with Gasteiger partial charge in [0.15, 0.2) is 0 Å². The zero-order chi connectivity index (χ0) is 15.2. The number of rotatable bonds is 4. The first-order chi connectivity index (χ1) is 10.8. The molecule has 0 atom stereocenters. The van der Waals surface area contributed by atoms with Gasteiger partial charge in [0.25, 0.3) is 0 Å². The van der Waals surface area contributed by atoms with Gasteiger partial charge in [-0.05, 0) is 54.7 Å². The standard InChI is InChI=1S/C20H20O2/c1-21-17-9-5-15(6-10-17)20(13-19(20)14-3-4-14)16-7-11-18(22-2)12-8-16/h5-12H,3-4,13H2,1-2H3. The van der Waals surface area contributed by atoms with Gasteiger partial charge in [-0.25, -0.2) is 0 Å². The Labute approximate surface area is 131 Å². The quantitative estimate of drug-likeness (QED) is 0.773. The fraction of sp³-hybridized carbons (Fsp3) is 0.300. The normalized spacial score (nSPS) is 18.1. The maximum absolute atomic E-state index is 5.30. The summed E-state index contributed by atoms with van der Waals surface area (Å²) >= 11 is 0. The maximum atomic E-state index is 5.30. The summed E-state index contributed by atoms with van der Waals surface area (Å²) in [6.07, 6.45) is 3.72. The summed E-state index contributed by atoms with van der Waals surface area (Å²) in [5.41, 5.74) is 6.11. The van der Waals surface area contributed by atoms with Crippen LogP contribution in [-0.2, 0) is 5.41 Å². The monoisotopic (exact) mass is 292 g/mol. The molecular formula is C20H20O2. The molecule has 0 saturated heterocycles. The Morgan fingerprint density at radius 3 is 1.55 bits per heavy atom. The number of methoxy groups -OCH3 is 2. The molecule has 0 radical (unpaired) electrons. The number of ether oxygens (including phenoxy) is 2. The minimum atomic E-state index is 0.0877. The number of benzene rings is 2. The summed E-state index contributed by atoms with van der Waals surface area (Å²) in [7, 11) is 3.42. The van der Waals surface area contributed by atoms with E-state index in [0.29, 0.717) is 0 Å². The van der Waals surface area contributed by atoms with Crippen LogP contribution in [0.1, 0.15) is 30.4 Å². The molecule has 0 unspecified atom stereocenters. The van der Waals surface area contributed by atoms with E-state index >= 15 is 0 Å². The molecule has 0 N–H and O–H groups in total. The van der Waals surface area contributed by atoms with Crippen molar-refractivity contribution in [3.63, 3.8) is 0 Å². The topological polar surface area (TPSA) is 18.5 Å². The summed E-state index contributed by atoms with van der Waals surface area (Å²) in [5, 5.41) is 0. The average molecular weight is 292 g/mol. The van der Waals surface area contributed by atoms with Gasteiger partial charge < -0.3 is 9.47 Å². The van der Waals surface area contributed by atoms with Gasteiger partial charge in [0, 0.05) is 5.41 Å². The SMILES string of the molecule is COc1ccc(C2(c3ccc(OC)cc3)CC2=C2CC2)cc1. The Hall–Kier alpha value is -2.22. The summed E-state index contributed by atoms with van der Waals surface area (Å²) in [6.45, 7) is 0. The van der Waals surface area contributed by atoms with Crippen molar-refractivity contribution in [2.45, 2.75) is 24.7 Å². The highest BCUT2D eigenvalue weighted by atomic mass is 16.5. The van der Waals surface area contributed by atoms with E-state index in [2.05, 4.69) is 48.5 Å². The van der Waals surface area contributed by atoms with E-state index in [9.17, 15) is 0 Å². The zero-order valence-electron chi connectivity index (χ0n) is 13.1. The van der Waals surface area contributed by atoms with E-state index in [0.717, 1.165) is 17.9 Å². The summed E-state index contributed by atoms with van der Waals surface area (Å²) in [6, 6.07) is 17.1. The summed E-state index contributed by atoms with van der Waals surface area (Å²) < 4.78 is 10.6.